The van der Waals surface area contributed by atoms with Gasteiger partial charge in [0.05, 0.1) is 13.2 Å². The van der Waals surface area contributed by atoms with Crippen molar-refractivity contribution in [1.82, 2.24) is 0 Å². The molecule has 108 valence electrons. The van der Waals surface area contributed by atoms with Crippen LogP contribution in [0, 0.1) is 0 Å². The van der Waals surface area contributed by atoms with E-state index in [4.69, 9.17) is 29.8 Å². The maximum Gasteiger partial charge on any atom is 0.469 e. The predicted octanol–water partition coefficient (Wildman–Crippen LogP) is -2.50. The molecule has 18 heavy (non-hydrogen) atoms. The molecular formula is C5H12O11P2. The normalized spacial score (nSPS) is 16.3. The first-order valence-corrected chi connectivity index (χ1v) is 7.28. The molecule has 0 aliphatic carbocycles. The van der Waals surface area contributed by atoms with Crippen LogP contribution in [0.15, 0.2) is 0 Å². The van der Waals surface area contributed by atoms with Crippen LogP contribution < -0.4 is 0 Å². The Bertz CT molecular complexity index is 334. The number of aliphatic hydroxyl groups is 2. The molecule has 0 radical (unpaired) electrons. The van der Waals surface area contributed by atoms with Crippen molar-refractivity contribution in [2.75, 3.05) is 13.2 Å². The summed E-state index contributed by atoms with van der Waals surface area (Å²) in [6.07, 6.45) is -4.15. The zero-order valence-corrected chi connectivity index (χ0v) is 10.5. The van der Waals surface area contributed by atoms with Gasteiger partial charge in [0.2, 0.25) is 0 Å². The second-order valence-electron chi connectivity index (χ2n) is 3.01. The van der Waals surface area contributed by atoms with Crippen LogP contribution in [0.2, 0.25) is 0 Å². The van der Waals surface area contributed by atoms with Crippen LogP contribution in [0.25, 0.3) is 0 Å². The van der Waals surface area contributed by atoms with Gasteiger partial charge >= 0.3 is 15.6 Å². The standard InChI is InChI=1S/C5H12O11P2/c6-3(1-15-17(9,10)11)5(8)4(7)2-16-18(12,13)14/h3-4,6-7H,1-2H2,(H2,9,10,11)(H2,12,13,14)/t3-,4?/m1/s1. The first kappa shape index (κ1) is 17.8. The van der Waals surface area contributed by atoms with Crippen molar-refractivity contribution in [3.8, 4) is 0 Å². The van der Waals surface area contributed by atoms with Crippen LogP contribution in [-0.2, 0) is 23.0 Å². The van der Waals surface area contributed by atoms with E-state index in [9.17, 15) is 13.9 Å². The molecule has 0 saturated carbocycles. The summed E-state index contributed by atoms with van der Waals surface area (Å²) >= 11 is 0. The molecule has 0 heterocycles. The van der Waals surface area contributed by atoms with Crippen LogP contribution in [0.4, 0.5) is 0 Å². The minimum Gasteiger partial charge on any atom is -0.383 e. The first-order chi connectivity index (χ1) is 7.92. The van der Waals surface area contributed by atoms with E-state index in [-0.39, 0.29) is 0 Å². The molecule has 0 aromatic heterocycles. The molecule has 6 N–H and O–H groups in total. The number of hydrogen-bond donors (Lipinski definition) is 6. The van der Waals surface area contributed by atoms with Crippen molar-refractivity contribution >= 4 is 21.4 Å². The molecule has 0 aliphatic rings. The highest BCUT2D eigenvalue weighted by atomic mass is 31.2. The van der Waals surface area contributed by atoms with Gasteiger partial charge in [-0.15, -0.1) is 0 Å². The van der Waals surface area contributed by atoms with Crippen LogP contribution in [0.5, 0.6) is 0 Å². The quantitative estimate of drug-likeness (QED) is 0.259. The second kappa shape index (κ2) is 6.83. The van der Waals surface area contributed by atoms with Crippen molar-refractivity contribution in [3.05, 3.63) is 0 Å². The van der Waals surface area contributed by atoms with Crippen molar-refractivity contribution in [1.29, 1.82) is 0 Å². The van der Waals surface area contributed by atoms with E-state index in [1.807, 2.05) is 0 Å². The average molecular weight is 310 g/mol. The molecule has 0 spiro atoms. The lowest BCUT2D eigenvalue weighted by Crippen LogP contribution is -2.37. The lowest BCUT2D eigenvalue weighted by Gasteiger charge is -2.15. The molecule has 0 aliphatic heterocycles. The summed E-state index contributed by atoms with van der Waals surface area (Å²) in [7, 11) is -9.76. The SMILES string of the molecule is O=C(C(O)COP(=O)(O)O)[C@H](O)COP(=O)(O)O. The molecule has 2 atom stereocenters. The Morgan fingerprint density at radius 2 is 1.17 bits per heavy atom. The lowest BCUT2D eigenvalue weighted by atomic mass is 10.1. The van der Waals surface area contributed by atoms with Crippen LogP contribution in [0.1, 0.15) is 0 Å². The van der Waals surface area contributed by atoms with Gasteiger partial charge in [0.1, 0.15) is 12.2 Å². The molecule has 11 nitrogen and oxygen atoms in total. The minimum absolute atomic E-state index is 1.09. The van der Waals surface area contributed by atoms with Gasteiger partial charge in [-0.3, -0.25) is 13.8 Å². The fourth-order valence-corrected chi connectivity index (χ4v) is 1.39. The van der Waals surface area contributed by atoms with Crippen molar-refractivity contribution < 1.29 is 52.8 Å². The maximum atomic E-state index is 11.1. The molecule has 13 heteroatoms. The highest BCUT2D eigenvalue weighted by Crippen LogP contribution is 2.36. The monoisotopic (exact) mass is 310 g/mol. The van der Waals surface area contributed by atoms with Gasteiger partial charge in [-0.2, -0.15) is 0 Å². The van der Waals surface area contributed by atoms with Gasteiger partial charge in [-0.1, -0.05) is 0 Å². The lowest BCUT2D eigenvalue weighted by molar-refractivity contribution is -0.138. The number of hydrogen-bond acceptors (Lipinski definition) is 7. The molecule has 0 rings (SSSR count). The van der Waals surface area contributed by atoms with Gasteiger partial charge in [-0.05, 0) is 0 Å². The predicted molar refractivity (Wildman–Crippen MR) is 53.0 cm³/mol. The third-order valence-corrected chi connectivity index (χ3v) is 2.43. The summed E-state index contributed by atoms with van der Waals surface area (Å²) < 4.78 is 28.1. The highest BCUT2D eigenvalue weighted by molar-refractivity contribution is 7.46. The fourth-order valence-electron chi connectivity index (χ4n) is 0.722. The fraction of sp³-hybridized carbons (Fsp3) is 0.800. The summed E-state index contributed by atoms with van der Waals surface area (Å²) in [6, 6.07) is 0. The second-order valence-corrected chi connectivity index (χ2v) is 5.49. The maximum absolute atomic E-state index is 11.1. The highest BCUT2D eigenvalue weighted by Gasteiger charge is 2.28. The summed E-state index contributed by atoms with van der Waals surface area (Å²) in [6.45, 7) is -2.17. The van der Waals surface area contributed by atoms with E-state index in [0.717, 1.165) is 0 Å². The average Bonchev–Trinajstić information content (AvgIpc) is 2.19. The van der Waals surface area contributed by atoms with E-state index >= 15 is 0 Å². The van der Waals surface area contributed by atoms with E-state index in [1.54, 1.807) is 0 Å². The van der Waals surface area contributed by atoms with Crippen molar-refractivity contribution in [3.63, 3.8) is 0 Å². The molecule has 0 amide bonds. The van der Waals surface area contributed by atoms with Crippen LogP contribution >= 0.6 is 15.6 Å². The number of phosphoric ester groups is 2. The molecule has 0 saturated heterocycles. The molecular weight excluding hydrogens is 298 g/mol. The summed E-state index contributed by atoms with van der Waals surface area (Å²) in [5.41, 5.74) is 0. The van der Waals surface area contributed by atoms with Crippen LogP contribution in [-0.4, -0.2) is 61.0 Å². The number of rotatable bonds is 8. The molecule has 0 bridgehead atoms. The Morgan fingerprint density at radius 1 is 0.889 bits per heavy atom. The molecule has 0 fully saturated rings. The molecule has 0 aromatic rings. The topological polar surface area (TPSA) is 191 Å². The van der Waals surface area contributed by atoms with Gasteiger partial charge in [0.15, 0.2) is 5.78 Å². The third kappa shape index (κ3) is 8.84. The van der Waals surface area contributed by atoms with Gasteiger partial charge in [0, 0.05) is 0 Å². The van der Waals surface area contributed by atoms with Gasteiger partial charge in [0.25, 0.3) is 0 Å². The van der Waals surface area contributed by atoms with Gasteiger partial charge in [-0.25, -0.2) is 9.13 Å². The molecule has 0 aromatic carbocycles. The Kier molecular flexibility index (Phi) is 6.75. The largest absolute Gasteiger partial charge is 0.469 e. The van der Waals surface area contributed by atoms with Crippen molar-refractivity contribution in [2.45, 2.75) is 12.2 Å². The number of carbonyl (C=O) groups excluding carboxylic acids is 1. The van der Waals surface area contributed by atoms with Crippen LogP contribution in [0.3, 0.4) is 0 Å². The Hall–Kier alpha value is -0.190. The summed E-state index contributed by atoms with van der Waals surface area (Å²) in [5.74, 6) is -1.36. The zero-order valence-electron chi connectivity index (χ0n) is 8.69. The third-order valence-electron chi connectivity index (χ3n) is 1.46. The Morgan fingerprint density at radius 3 is 1.39 bits per heavy atom. The number of Topliss-reactive ketones (excluding diaryl/α,β-unsaturated/α-hetero) is 1. The minimum atomic E-state index is -4.88. The smallest absolute Gasteiger partial charge is 0.383 e. The number of carbonyl (C=O) groups is 1. The number of ketones is 1. The summed E-state index contributed by atoms with van der Waals surface area (Å²) in [5, 5.41) is 18.1. The van der Waals surface area contributed by atoms with E-state index in [1.165, 1.54) is 0 Å². The van der Waals surface area contributed by atoms with E-state index in [2.05, 4.69) is 9.05 Å². The zero-order chi connectivity index (χ0) is 14.6. The molecule has 1 unspecified atom stereocenters. The number of phosphoric acid groups is 2. The van der Waals surface area contributed by atoms with Crippen molar-refractivity contribution in [2.24, 2.45) is 0 Å². The van der Waals surface area contributed by atoms with E-state index < -0.39 is 46.9 Å². The van der Waals surface area contributed by atoms with E-state index in [0.29, 0.717) is 0 Å². The first-order valence-electron chi connectivity index (χ1n) is 4.22. The Balaban J connectivity index is 4.21. The van der Waals surface area contributed by atoms with Gasteiger partial charge < -0.3 is 29.8 Å². The summed E-state index contributed by atoms with van der Waals surface area (Å²) in [4.78, 5) is 44.2. The Labute approximate surface area is 100 Å². The number of aliphatic hydroxyl groups excluding tert-OH is 2.